The third kappa shape index (κ3) is 4.29. The first kappa shape index (κ1) is 15.3. The number of nitrogens with zero attached hydrogens (tertiary/aromatic N) is 2. The van der Waals surface area contributed by atoms with Gasteiger partial charge in [0.15, 0.2) is 0 Å². The van der Waals surface area contributed by atoms with E-state index in [-0.39, 0.29) is 21.8 Å². The summed E-state index contributed by atoms with van der Waals surface area (Å²) in [6.07, 6.45) is 0. The van der Waals surface area contributed by atoms with Gasteiger partial charge in [-0.2, -0.15) is 0 Å². The van der Waals surface area contributed by atoms with Gasteiger partial charge in [0, 0.05) is 32.7 Å². The summed E-state index contributed by atoms with van der Waals surface area (Å²) in [5, 5.41) is -1.42. The van der Waals surface area contributed by atoms with Crippen LogP contribution in [0.1, 0.15) is 26.0 Å². The van der Waals surface area contributed by atoms with Crippen LogP contribution in [-0.2, 0) is 0 Å². The Hall–Kier alpha value is -6.64. The Labute approximate surface area is 317 Å². The van der Waals surface area contributed by atoms with Gasteiger partial charge < -0.3 is 9.13 Å². The fraction of sp³-hybridized carbons (Fsp3) is 0. The molecule has 2 aromatic heterocycles. The minimum Gasteiger partial charge on any atom is -0.309 e. The highest BCUT2D eigenvalue weighted by Crippen LogP contribution is 2.45. The van der Waals surface area contributed by atoms with E-state index >= 15 is 0 Å². The van der Waals surface area contributed by atoms with Crippen molar-refractivity contribution in [1.29, 1.82) is 0 Å². The van der Waals surface area contributed by atoms with E-state index in [4.69, 9.17) is 13.7 Å². The molecule has 0 bridgehead atoms. The van der Waals surface area contributed by atoms with Crippen molar-refractivity contribution < 1.29 is 26.0 Å². The van der Waals surface area contributed by atoms with Gasteiger partial charge in [0.2, 0.25) is 0 Å². The average molecular weight is 656 g/mol. The van der Waals surface area contributed by atoms with Crippen molar-refractivity contribution in [2.75, 3.05) is 0 Å². The maximum atomic E-state index is 9.76. The van der Waals surface area contributed by atoms with Gasteiger partial charge >= 0.3 is 0 Å². The quantitative estimate of drug-likeness (QED) is 0.175. The Morgan fingerprint density at radius 2 is 0.860 bits per heavy atom. The summed E-state index contributed by atoms with van der Waals surface area (Å²) in [7, 11) is 0. The second-order valence-corrected chi connectivity index (χ2v) is 11.5. The van der Waals surface area contributed by atoms with Crippen LogP contribution in [-0.4, -0.2) is 9.13 Å². The Bertz CT molecular complexity index is 3850. The molecule has 2 heterocycles. The van der Waals surface area contributed by atoms with Gasteiger partial charge in [-0.15, -0.1) is 0 Å². The zero-order valence-electron chi connectivity index (χ0n) is 44.9. The zero-order valence-corrected chi connectivity index (χ0v) is 25.9. The molecule has 0 aliphatic heterocycles. The monoisotopic (exact) mass is 655 g/mol. The predicted octanol–water partition coefficient (Wildman–Crippen LogP) is 12.9. The number of benzene rings is 8. The molecule has 0 saturated heterocycles. The van der Waals surface area contributed by atoms with Crippen molar-refractivity contribution in [3.63, 3.8) is 0 Å². The molecule has 0 saturated carbocycles. The molecule has 8 aromatic carbocycles. The molecule has 10 aromatic rings. The van der Waals surface area contributed by atoms with Gasteiger partial charge in [-0.3, -0.25) is 0 Å². The van der Waals surface area contributed by atoms with Crippen LogP contribution < -0.4 is 0 Å². The van der Waals surface area contributed by atoms with Gasteiger partial charge in [-0.1, -0.05) is 163 Å². The van der Waals surface area contributed by atoms with E-state index in [1.165, 1.54) is 4.57 Å². The Kier molecular flexibility index (Phi) is 3.52. The number of aromatic nitrogens is 2. The van der Waals surface area contributed by atoms with Gasteiger partial charge in [0.25, 0.3) is 0 Å². The second-order valence-electron chi connectivity index (χ2n) is 11.5. The molecule has 0 unspecified atom stereocenters. The van der Waals surface area contributed by atoms with Crippen molar-refractivity contribution in [3.8, 4) is 44.8 Å². The molecule has 10 rings (SSSR count). The summed E-state index contributed by atoms with van der Waals surface area (Å²) >= 11 is 0. The maximum Gasteiger partial charge on any atom is 0.0645 e. The lowest BCUT2D eigenvalue weighted by atomic mass is 9.95. The van der Waals surface area contributed by atoms with E-state index in [9.17, 15) is 12.3 Å². The fourth-order valence-electron chi connectivity index (χ4n) is 6.79. The van der Waals surface area contributed by atoms with Crippen LogP contribution in [0, 0.1) is 0 Å². The second kappa shape index (κ2) is 11.5. The first-order valence-electron chi connectivity index (χ1n) is 25.2. The van der Waals surface area contributed by atoms with Crippen LogP contribution in [0.4, 0.5) is 0 Å². The molecule has 2 heteroatoms. The lowest BCUT2D eigenvalue weighted by Crippen LogP contribution is -2.01. The summed E-state index contributed by atoms with van der Waals surface area (Å²) in [6.45, 7) is 0. The van der Waals surface area contributed by atoms with Crippen LogP contribution in [0.2, 0.25) is 0 Å². The summed E-state index contributed by atoms with van der Waals surface area (Å²) in [6, 6.07) is 9.01. The van der Waals surface area contributed by atoms with E-state index in [0.29, 0.717) is 27.9 Å². The van der Waals surface area contributed by atoms with Crippen molar-refractivity contribution in [2.45, 2.75) is 0 Å². The molecule has 2 nitrogen and oxygen atoms in total. The standard InChI is InChI=1S/C48H32N2/c1-4-17-33(18-5-1)36-25-15-30-43-46(36)39-23-10-12-28-41(39)49(43)44-31-16-32-45-47(44)40-24-11-13-29-42(40)50(45)48-37(34-19-6-2-7-20-34)26-14-27-38(48)35-21-8-3-9-22-35/h1-32H/i1D,4D,5D,10D,11D,12D,13D,15D,16D,17D,18D,23D,24D,25D,28D,29D,30D,31D,32D. The molecule has 0 aliphatic rings. The third-order valence-electron chi connectivity index (χ3n) is 8.82. The van der Waals surface area contributed by atoms with E-state index in [0.717, 1.165) is 4.57 Å². The number of para-hydroxylation sites is 3. The molecule has 50 heavy (non-hydrogen) atoms. The van der Waals surface area contributed by atoms with Gasteiger partial charge in [0.1, 0.15) is 0 Å². The van der Waals surface area contributed by atoms with Crippen molar-refractivity contribution in [3.05, 3.63) is 194 Å². The topological polar surface area (TPSA) is 9.86 Å². The van der Waals surface area contributed by atoms with Crippen molar-refractivity contribution >= 4 is 43.6 Å². The Balaban J connectivity index is 1.55. The molecule has 0 atom stereocenters. The number of fused-ring (bicyclic) bond motifs is 6. The van der Waals surface area contributed by atoms with E-state index < -0.39 is 153 Å². The highest BCUT2D eigenvalue weighted by Gasteiger charge is 2.23. The smallest absolute Gasteiger partial charge is 0.0645 e. The van der Waals surface area contributed by atoms with E-state index in [1.807, 2.05) is 36.4 Å². The van der Waals surface area contributed by atoms with Gasteiger partial charge in [0.05, 0.1) is 59.5 Å². The first-order chi connectivity index (χ1) is 32.8. The minimum atomic E-state index is -0.872. The Morgan fingerprint density at radius 3 is 1.52 bits per heavy atom. The molecule has 0 amide bonds. The number of hydrogen-bond acceptors (Lipinski definition) is 0. The molecule has 0 radical (unpaired) electrons. The SMILES string of the molecule is [2H]c1c([2H])c([2H])c(-c2c([2H])c([2H])c([2H])c3c2c2c([2H])c([2H])c([2H])c([2H])c2n3-c2c([2H])c([2H])c([2H])c3c2c2c([2H])c([2H])c([2H])c([2H])c2n3-c2c(-c3ccccc3)cccc2-c2ccccc2)c([2H])c1[2H]. The van der Waals surface area contributed by atoms with E-state index in [1.54, 1.807) is 42.5 Å². The molecule has 0 N–H and O–H groups in total. The molecule has 234 valence electrons. The minimum absolute atomic E-state index is 0.195. The van der Waals surface area contributed by atoms with E-state index in [2.05, 4.69) is 0 Å². The van der Waals surface area contributed by atoms with Gasteiger partial charge in [-0.05, 0) is 52.5 Å². The number of rotatable bonds is 5. The summed E-state index contributed by atoms with van der Waals surface area (Å²) < 4.78 is 176. The summed E-state index contributed by atoms with van der Waals surface area (Å²) in [5.74, 6) is 0. The first-order valence-corrected chi connectivity index (χ1v) is 15.7. The molecule has 0 aliphatic carbocycles. The average Bonchev–Trinajstić information content (AvgIpc) is 3.89. The van der Waals surface area contributed by atoms with Crippen molar-refractivity contribution in [2.24, 2.45) is 0 Å². The fourth-order valence-corrected chi connectivity index (χ4v) is 6.79. The molecule has 0 fully saturated rings. The van der Waals surface area contributed by atoms with Crippen LogP contribution in [0.5, 0.6) is 0 Å². The lowest BCUT2D eigenvalue weighted by molar-refractivity contribution is 1.17. The normalized spacial score (nSPS) is 16.9. The third-order valence-corrected chi connectivity index (χ3v) is 8.82. The van der Waals surface area contributed by atoms with Crippen LogP contribution >= 0.6 is 0 Å². The molecular weight excluding hydrogens is 605 g/mol. The highest BCUT2D eigenvalue weighted by atomic mass is 15.0. The summed E-state index contributed by atoms with van der Waals surface area (Å²) in [5.41, 5.74) is -0.448. The molecule has 0 spiro atoms. The number of hydrogen-bond donors (Lipinski definition) is 0. The molecular formula is C48H32N2. The largest absolute Gasteiger partial charge is 0.309 e. The Morgan fingerprint density at radius 1 is 0.340 bits per heavy atom. The van der Waals surface area contributed by atoms with Crippen LogP contribution in [0.25, 0.3) is 88.4 Å². The van der Waals surface area contributed by atoms with Crippen LogP contribution in [0.3, 0.4) is 0 Å². The maximum absolute atomic E-state index is 9.76. The zero-order chi connectivity index (χ0) is 49.6. The predicted molar refractivity (Wildman–Crippen MR) is 211 cm³/mol. The van der Waals surface area contributed by atoms with Gasteiger partial charge in [-0.25, -0.2) is 0 Å². The highest BCUT2D eigenvalue weighted by molar-refractivity contribution is 6.19. The lowest BCUT2D eigenvalue weighted by Gasteiger charge is -2.19. The summed E-state index contributed by atoms with van der Waals surface area (Å²) in [4.78, 5) is 0. The van der Waals surface area contributed by atoms with Crippen LogP contribution in [0.15, 0.2) is 194 Å². The van der Waals surface area contributed by atoms with Crippen molar-refractivity contribution in [1.82, 2.24) is 9.13 Å².